The number of carbonyl (C=O) groups excluding carboxylic acids is 3. The van der Waals surface area contributed by atoms with Crippen molar-refractivity contribution in [1.29, 1.82) is 0 Å². The van der Waals surface area contributed by atoms with Crippen LogP contribution < -0.4 is 20.7 Å². The number of nitrogens with one attached hydrogen (secondary N) is 3. The third-order valence-electron chi connectivity index (χ3n) is 10.7. The summed E-state index contributed by atoms with van der Waals surface area (Å²) < 4.78 is 72.0. The average Bonchev–Trinajstić information content (AvgIpc) is 3.51. The standard InChI is InChI=1S/C36H35Cl2F4N3O5/c1-4-50-32(47)18-11-14-24(26(15-18)49-3)43-31(46)30-28(21-9-6-10-23(38)29(21)39)35(22-13-12-20(37)16-25(22)44-33(35)48)27(45-30)17-34(2,36(40,41)42)19-7-5-8-19/h6,9-16,19,27-28,30,45H,4-5,7-8,17H2,1-3H3,(H,43,46)(H,44,48)/t27-,28?,30+,34-,35+/m0/s1. The highest BCUT2D eigenvalue weighted by molar-refractivity contribution is 6.31. The number of rotatable bonds is 9. The lowest BCUT2D eigenvalue weighted by atomic mass is 9.58. The van der Waals surface area contributed by atoms with Gasteiger partial charge in [-0.1, -0.05) is 54.7 Å². The fourth-order valence-corrected chi connectivity index (χ4v) is 8.22. The molecule has 266 valence electrons. The first-order valence-corrected chi connectivity index (χ1v) is 17.0. The molecule has 3 aromatic rings. The Kier molecular flexibility index (Phi) is 9.60. The number of carbonyl (C=O) groups is 3. The molecular formula is C36H35Cl2F4N3O5. The molecule has 0 radical (unpaired) electrons. The maximum atomic E-state index is 16.2. The predicted octanol–water partition coefficient (Wildman–Crippen LogP) is 8.03. The predicted molar refractivity (Wildman–Crippen MR) is 180 cm³/mol. The van der Waals surface area contributed by atoms with Crippen molar-refractivity contribution >= 4 is 52.4 Å². The molecule has 50 heavy (non-hydrogen) atoms. The molecule has 1 unspecified atom stereocenters. The monoisotopic (exact) mass is 735 g/mol. The van der Waals surface area contributed by atoms with Crippen LogP contribution in [0.4, 0.5) is 28.9 Å². The van der Waals surface area contributed by atoms with Crippen molar-refractivity contribution in [3.8, 4) is 5.75 Å². The SMILES string of the molecule is CCOC(=O)c1ccc(NC(=O)[C@@H]2N[C@@H](C[C@@](C)(C3CCC3)C(F)(F)F)[C@@]3(C(=O)Nc4cc(Cl)ccc43)C2c2cccc(Cl)c2F)c(OC)c1. The highest BCUT2D eigenvalue weighted by atomic mass is 35.5. The van der Waals surface area contributed by atoms with E-state index in [0.29, 0.717) is 19.3 Å². The van der Waals surface area contributed by atoms with Gasteiger partial charge in [0.05, 0.1) is 41.4 Å². The highest BCUT2D eigenvalue weighted by Gasteiger charge is 2.69. The maximum absolute atomic E-state index is 16.2. The number of hydrogen-bond donors (Lipinski definition) is 3. The van der Waals surface area contributed by atoms with Crippen molar-refractivity contribution in [3.05, 3.63) is 87.2 Å². The Balaban J connectivity index is 1.53. The van der Waals surface area contributed by atoms with E-state index in [-0.39, 0.29) is 50.5 Å². The molecule has 0 aromatic heterocycles. The summed E-state index contributed by atoms with van der Waals surface area (Å²) in [4.78, 5) is 41.3. The molecule has 1 saturated heterocycles. The molecule has 1 saturated carbocycles. The van der Waals surface area contributed by atoms with Crippen molar-refractivity contribution in [2.24, 2.45) is 11.3 Å². The van der Waals surface area contributed by atoms with E-state index < -0.39 is 70.9 Å². The first-order chi connectivity index (χ1) is 23.7. The lowest BCUT2D eigenvalue weighted by Crippen LogP contribution is -2.55. The molecule has 2 aliphatic heterocycles. The highest BCUT2D eigenvalue weighted by Crippen LogP contribution is 2.61. The number of esters is 1. The number of benzene rings is 3. The second-order valence-electron chi connectivity index (χ2n) is 13.2. The Morgan fingerprint density at radius 1 is 1.08 bits per heavy atom. The fraction of sp³-hybridized carbons (Fsp3) is 0.417. The van der Waals surface area contributed by atoms with E-state index in [9.17, 15) is 14.4 Å². The molecule has 2 heterocycles. The van der Waals surface area contributed by atoms with Crippen LogP contribution in [-0.4, -0.2) is 49.8 Å². The lowest BCUT2D eigenvalue weighted by Gasteiger charge is -2.47. The van der Waals surface area contributed by atoms with Gasteiger partial charge < -0.3 is 25.4 Å². The number of methoxy groups -OCH3 is 1. The fourth-order valence-electron chi connectivity index (χ4n) is 7.87. The summed E-state index contributed by atoms with van der Waals surface area (Å²) in [6.07, 6.45) is -3.90. The molecule has 14 heteroatoms. The van der Waals surface area contributed by atoms with Crippen LogP contribution in [0, 0.1) is 17.2 Å². The van der Waals surface area contributed by atoms with Gasteiger partial charge in [-0.2, -0.15) is 13.2 Å². The van der Waals surface area contributed by atoms with Crippen LogP contribution in [0.2, 0.25) is 10.0 Å². The van der Waals surface area contributed by atoms with E-state index >= 15 is 17.6 Å². The van der Waals surface area contributed by atoms with Crippen molar-refractivity contribution in [3.63, 3.8) is 0 Å². The van der Waals surface area contributed by atoms with Gasteiger partial charge in [-0.05, 0) is 79.6 Å². The summed E-state index contributed by atoms with van der Waals surface area (Å²) in [5.41, 5.74) is -3.50. The number of anilines is 2. The van der Waals surface area contributed by atoms with Gasteiger partial charge in [0, 0.05) is 22.7 Å². The summed E-state index contributed by atoms with van der Waals surface area (Å²) in [5, 5.41) is 8.59. The Hall–Kier alpha value is -3.87. The number of fused-ring (bicyclic) bond motifs is 2. The first-order valence-electron chi connectivity index (χ1n) is 16.2. The molecule has 1 aliphatic carbocycles. The van der Waals surface area contributed by atoms with E-state index in [4.69, 9.17) is 32.7 Å². The minimum atomic E-state index is -4.66. The Morgan fingerprint density at radius 3 is 2.46 bits per heavy atom. The van der Waals surface area contributed by atoms with Crippen molar-refractivity contribution < 1.29 is 41.4 Å². The number of halogens is 6. The maximum Gasteiger partial charge on any atom is 0.394 e. The van der Waals surface area contributed by atoms with Gasteiger partial charge in [0.2, 0.25) is 11.8 Å². The molecule has 8 nitrogen and oxygen atoms in total. The summed E-state index contributed by atoms with van der Waals surface area (Å²) in [6.45, 7) is 2.94. The number of amides is 2. The first kappa shape index (κ1) is 35.9. The molecule has 2 amide bonds. The number of hydrogen-bond acceptors (Lipinski definition) is 6. The molecule has 0 bridgehead atoms. The van der Waals surface area contributed by atoms with E-state index in [1.807, 2.05) is 0 Å². The van der Waals surface area contributed by atoms with E-state index in [1.54, 1.807) is 6.92 Å². The summed E-state index contributed by atoms with van der Waals surface area (Å²) in [5.74, 6) is -5.04. The van der Waals surface area contributed by atoms with Crippen LogP contribution >= 0.6 is 23.2 Å². The molecule has 3 aliphatic rings. The van der Waals surface area contributed by atoms with Crippen LogP contribution in [0.1, 0.15) is 66.9 Å². The van der Waals surface area contributed by atoms with Crippen LogP contribution in [0.5, 0.6) is 5.75 Å². The van der Waals surface area contributed by atoms with Crippen molar-refractivity contribution in [1.82, 2.24) is 5.32 Å². The van der Waals surface area contributed by atoms with Gasteiger partial charge in [0.1, 0.15) is 17.0 Å². The second kappa shape index (κ2) is 13.4. The summed E-state index contributed by atoms with van der Waals surface area (Å²) in [6, 6.07) is 10.1. The molecule has 3 N–H and O–H groups in total. The normalized spacial score (nSPS) is 24.3. The molecule has 5 atom stereocenters. The summed E-state index contributed by atoms with van der Waals surface area (Å²) >= 11 is 12.5. The topological polar surface area (TPSA) is 106 Å². The summed E-state index contributed by atoms with van der Waals surface area (Å²) in [7, 11) is 1.33. The zero-order valence-corrected chi connectivity index (χ0v) is 28.9. The van der Waals surface area contributed by atoms with Crippen LogP contribution in [-0.2, 0) is 19.7 Å². The molecule has 2 fully saturated rings. The molecule has 3 aromatic carbocycles. The number of ether oxygens (including phenoxy) is 2. The Bertz CT molecular complexity index is 1850. The van der Waals surface area contributed by atoms with Gasteiger partial charge >= 0.3 is 12.1 Å². The number of alkyl halides is 3. The quantitative estimate of drug-likeness (QED) is 0.152. The van der Waals surface area contributed by atoms with E-state index in [1.165, 1.54) is 61.7 Å². The van der Waals surface area contributed by atoms with Gasteiger partial charge in [-0.15, -0.1) is 0 Å². The lowest BCUT2D eigenvalue weighted by molar-refractivity contribution is -0.250. The van der Waals surface area contributed by atoms with Gasteiger partial charge in [0.25, 0.3) is 0 Å². The van der Waals surface area contributed by atoms with Gasteiger partial charge in [0.15, 0.2) is 0 Å². The van der Waals surface area contributed by atoms with Gasteiger partial charge in [-0.25, -0.2) is 9.18 Å². The van der Waals surface area contributed by atoms with Gasteiger partial charge in [-0.3, -0.25) is 9.59 Å². The largest absolute Gasteiger partial charge is 0.495 e. The molecule has 1 spiro atoms. The molecular weight excluding hydrogens is 701 g/mol. The van der Waals surface area contributed by atoms with Crippen molar-refractivity contribution in [2.75, 3.05) is 24.4 Å². The average molecular weight is 737 g/mol. The van der Waals surface area contributed by atoms with E-state index in [0.717, 1.165) is 6.92 Å². The van der Waals surface area contributed by atoms with Crippen LogP contribution in [0.25, 0.3) is 0 Å². The Morgan fingerprint density at radius 2 is 1.82 bits per heavy atom. The van der Waals surface area contributed by atoms with Crippen LogP contribution in [0.3, 0.4) is 0 Å². The minimum Gasteiger partial charge on any atom is -0.495 e. The van der Waals surface area contributed by atoms with Crippen molar-refractivity contribution in [2.45, 2.75) is 69.1 Å². The third-order valence-corrected chi connectivity index (χ3v) is 11.2. The zero-order chi connectivity index (χ0) is 36.2. The Labute approximate surface area is 296 Å². The van der Waals surface area contributed by atoms with Crippen LogP contribution in [0.15, 0.2) is 54.6 Å². The molecule has 6 rings (SSSR count). The minimum absolute atomic E-state index is 0.0897. The smallest absolute Gasteiger partial charge is 0.394 e. The zero-order valence-electron chi connectivity index (χ0n) is 27.4. The third kappa shape index (κ3) is 5.78. The second-order valence-corrected chi connectivity index (χ2v) is 14.0. The van der Waals surface area contributed by atoms with E-state index in [2.05, 4.69) is 16.0 Å².